The second-order valence-electron chi connectivity index (χ2n) is 9.84. The van der Waals surface area contributed by atoms with Crippen LogP contribution in [-0.2, 0) is 14.4 Å². The maximum absolute atomic E-state index is 13.3. The Morgan fingerprint density at radius 2 is 1.56 bits per heavy atom. The minimum Gasteiger partial charge on any atom is -0.495 e. The second kappa shape index (κ2) is 11.3. The van der Waals surface area contributed by atoms with Gasteiger partial charge >= 0.3 is 0 Å². The fraction of sp³-hybridized carbons (Fsp3) is 0.367. The Hall–Kier alpha value is -3.59. The monoisotopic (exact) mass is 594 g/mol. The molecule has 9 heteroatoms. The smallest absolute Gasteiger partial charge is 0.262 e. The average Bonchev–Trinajstić information content (AvgIpc) is 2.93. The number of para-hydroxylation sites is 2. The van der Waals surface area contributed by atoms with Crippen molar-refractivity contribution in [1.29, 1.82) is 0 Å². The summed E-state index contributed by atoms with van der Waals surface area (Å²) < 4.78 is 17.4. The predicted molar refractivity (Wildman–Crippen MR) is 150 cm³/mol. The molecule has 0 unspecified atom stereocenters. The molecule has 39 heavy (non-hydrogen) atoms. The van der Waals surface area contributed by atoms with Gasteiger partial charge in [0.25, 0.3) is 5.91 Å². The number of rotatable bonds is 7. The molecule has 1 amide bonds. The van der Waals surface area contributed by atoms with Gasteiger partial charge in [0.15, 0.2) is 29.7 Å². The fourth-order valence-electron chi connectivity index (χ4n) is 5.80. The molecule has 2 aromatic rings. The summed E-state index contributed by atoms with van der Waals surface area (Å²) in [6.07, 6.45) is 4.17. The molecule has 1 heterocycles. The number of ether oxygens (including phenoxy) is 3. The van der Waals surface area contributed by atoms with E-state index in [1.165, 1.54) is 14.2 Å². The molecule has 204 valence electrons. The van der Waals surface area contributed by atoms with Gasteiger partial charge in [-0.1, -0.05) is 12.1 Å². The molecular formula is C30H31BrN2O6. The van der Waals surface area contributed by atoms with Crippen LogP contribution in [0.4, 0.5) is 5.69 Å². The molecule has 1 aliphatic heterocycles. The summed E-state index contributed by atoms with van der Waals surface area (Å²) >= 11 is 3.59. The van der Waals surface area contributed by atoms with Crippen LogP contribution in [0.25, 0.3) is 0 Å². The molecule has 0 bridgehead atoms. The summed E-state index contributed by atoms with van der Waals surface area (Å²) in [5, 5.41) is 2.79. The zero-order valence-electron chi connectivity index (χ0n) is 22.3. The third kappa shape index (κ3) is 5.07. The molecule has 0 spiro atoms. The molecule has 0 atom stereocenters. The largest absolute Gasteiger partial charge is 0.495 e. The van der Waals surface area contributed by atoms with Gasteiger partial charge in [0.1, 0.15) is 5.75 Å². The molecule has 1 N–H and O–H groups in total. The van der Waals surface area contributed by atoms with Crippen LogP contribution >= 0.6 is 15.9 Å². The first-order valence-electron chi connectivity index (χ1n) is 13.0. The summed E-state index contributed by atoms with van der Waals surface area (Å²) in [5.41, 5.74) is 4.75. The van der Waals surface area contributed by atoms with Gasteiger partial charge in [-0.05, 0) is 71.4 Å². The van der Waals surface area contributed by atoms with Crippen molar-refractivity contribution in [3.8, 4) is 17.2 Å². The molecule has 5 rings (SSSR count). The van der Waals surface area contributed by atoms with Crippen molar-refractivity contribution in [3.05, 3.63) is 69.0 Å². The number of allylic oxidation sites excluding steroid dienone is 4. The molecule has 0 saturated carbocycles. The van der Waals surface area contributed by atoms with E-state index in [4.69, 9.17) is 14.2 Å². The minimum absolute atomic E-state index is 0.0847. The Morgan fingerprint density at radius 3 is 2.18 bits per heavy atom. The second-order valence-corrected chi connectivity index (χ2v) is 10.7. The summed E-state index contributed by atoms with van der Waals surface area (Å²) in [7, 11) is 5.03. The first-order valence-corrected chi connectivity index (χ1v) is 13.8. The molecule has 8 nitrogen and oxygen atoms in total. The van der Waals surface area contributed by atoms with Crippen molar-refractivity contribution in [2.24, 2.45) is 0 Å². The fourth-order valence-corrected chi connectivity index (χ4v) is 6.38. The highest BCUT2D eigenvalue weighted by Gasteiger charge is 2.42. The van der Waals surface area contributed by atoms with Crippen molar-refractivity contribution < 1.29 is 28.6 Å². The number of Topliss-reactive ketones (excluding diaryl/α,β-unsaturated/α-hetero) is 2. The Balaban J connectivity index is 1.47. The lowest BCUT2D eigenvalue weighted by molar-refractivity contribution is -0.118. The van der Waals surface area contributed by atoms with Crippen LogP contribution in [0, 0.1) is 0 Å². The van der Waals surface area contributed by atoms with E-state index in [1.807, 2.05) is 25.2 Å². The predicted octanol–water partition coefficient (Wildman–Crippen LogP) is 5.53. The van der Waals surface area contributed by atoms with Gasteiger partial charge in [-0.2, -0.15) is 0 Å². The normalized spacial score (nSPS) is 17.6. The number of benzene rings is 2. The molecule has 0 saturated heterocycles. The van der Waals surface area contributed by atoms with E-state index in [0.717, 1.165) is 42.6 Å². The lowest BCUT2D eigenvalue weighted by Gasteiger charge is -2.42. The van der Waals surface area contributed by atoms with Crippen molar-refractivity contribution in [2.45, 2.75) is 44.4 Å². The lowest BCUT2D eigenvalue weighted by atomic mass is 9.71. The molecule has 0 fully saturated rings. The third-order valence-electron chi connectivity index (χ3n) is 7.56. The van der Waals surface area contributed by atoms with Crippen LogP contribution < -0.4 is 19.5 Å². The average molecular weight is 595 g/mol. The van der Waals surface area contributed by atoms with Gasteiger partial charge in [0.05, 0.1) is 24.4 Å². The number of hydrogen-bond acceptors (Lipinski definition) is 7. The van der Waals surface area contributed by atoms with Gasteiger partial charge in [0.2, 0.25) is 0 Å². The maximum atomic E-state index is 13.3. The molecule has 2 aliphatic carbocycles. The van der Waals surface area contributed by atoms with E-state index >= 15 is 0 Å². The number of ketones is 2. The number of nitrogens with one attached hydrogen (secondary N) is 1. The van der Waals surface area contributed by atoms with Gasteiger partial charge in [-0.3, -0.25) is 14.4 Å². The van der Waals surface area contributed by atoms with E-state index in [2.05, 4.69) is 26.1 Å². The van der Waals surface area contributed by atoms with Crippen LogP contribution in [0.2, 0.25) is 0 Å². The number of hydrogen-bond donors (Lipinski definition) is 1. The van der Waals surface area contributed by atoms with Crippen LogP contribution in [0.3, 0.4) is 0 Å². The van der Waals surface area contributed by atoms with Crippen molar-refractivity contribution in [1.82, 2.24) is 4.90 Å². The zero-order chi connectivity index (χ0) is 27.7. The molecule has 0 aromatic heterocycles. The van der Waals surface area contributed by atoms with Gasteiger partial charge < -0.3 is 24.4 Å². The molecule has 2 aromatic carbocycles. The summed E-state index contributed by atoms with van der Waals surface area (Å²) in [5.74, 6) is 0.654. The first kappa shape index (κ1) is 27.0. The zero-order valence-corrected chi connectivity index (χ0v) is 23.9. The van der Waals surface area contributed by atoms with Crippen LogP contribution in [0.5, 0.6) is 17.2 Å². The van der Waals surface area contributed by atoms with E-state index in [-0.39, 0.29) is 24.1 Å². The van der Waals surface area contributed by atoms with Crippen LogP contribution in [0.15, 0.2) is 63.4 Å². The Morgan fingerprint density at radius 1 is 0.949 bits per heavy atom. The number of carbonyl (C=O) groups excluding carboxylic acids is 3. The van der Waals surface area contributed by atoms with Crippen molar-refractivity contribution in [3.63, 3.8) is 0 Å². The van der Waals surface area contributed by atoms with E-state index in [1.54, 1.807) is 18.2 Å². The summed E-state index contributed by atoms with van der Waals surface area (Å²) in [6.45, 7) is -0.262. The Kier molecular flexibility index (Phi) is 7.79. The number of nitrogens with zero attached hydrogens (tertiary/aromatic N) is 1. The van der Waals surface area contributed by atoms with E-state index in [9.17, 15) is 14.4 Å². The summed E-state index contributed by atoms with van der Waals surface area (Å²) in [6, 6.07) is 10.8. The highest BCUT2D eigenvalue weighted by Crippen LogP contribution is 2.50. The maximum Gasteiger partial charge on any atom is 0.262 e. The van der Waals surface area contributed by atoms with E-state index < -0.39 is 5.92 Å². The minimum atomic E-state index is -0.458. The first-order chi connectivity index (χ1) is 18.8. The number of methoxy groups -OCH3 is 2. The number of carbonyl (C=O) groups is 3. The highest BCUT2D eigenvalue weighted by atomic mass is 79.9. The van der Waals surface area contributed by atoms with Crippen molar-refractivity contribution in [2.75, 3.05) is 33.2 Å². The number of anilines is 1. The quantitative estimate of drug-likeness (QED) is 0.450. The van der Waals surface area contributed by atoms with E-state index in [0.29, 0.717) is 51.4 Å². The molecular weight excluding hydrogens is 564 g/mol. The number of halogens is 1. The Bertz CT molecular complexity index is 1370. The van der Waals surface area contributed by atoms with Gasteiger partial charge in [0, 0.05) is 48.3 Å². The molecule has 0 radical (unpaired) electrons. The number of amides is 1. The van der Waals surface area contributed by atoms with Gasteiger partial charge in [-0.15, -0.1) is 0 Å². The van der Waals surface area contributed by atoms with Gasteiger partial charge in [-0.25, -0.2) is 0 Å². The van der Waals surface area contributed by atoms with Crippen molar-refractivity contribution >= 4 is 39.1 Å². The highest BCUT2D eigenvalue weighted by molar-refractivity contribution is 9.10. The topological polar surface area (TPSA) is 94.2 Å². The SMILES string of the molecule is COc1ccccc1NC(=O)COc1c(Br)cc(C2C3=C(CCCC3=O)N(C)C3=C2C(=O)CCC3)cc1OC. The standard InChI is InChI=1S/C30H31BrN2O6/c1-33-20-9-6-11-22(34)28(20)27(29-21(33)10-7-12-23(29)35)17-14-18(31)30(25(15-17)38-3)39-16-26(36)32-19-8-4-5-13-24(19)37-2/h4-5,8,13-15,27H,6-7,9-12,16H2,1-3H3,(H,32,36). The van der Waals surface area contributed by atoms with Crippen LogP contribution in [-0.4, -0.2) is 50.2 Å². The third-order valence-corrected chi connectivity index (χ3v) is 8.15. The summed E-state index contributed by atoms with van der Waals surface area (Å²) in [4.78, 5) is 41.3. The lowest BCUT2D eigenvalue weighted by Crippen LogP contribution is -2.37. The molecule has 3 aliphatic rings. The van der Waals surface area contributed by atoms with Crippen LogP contribution in [0.1, 0.15) is 50.0 Å². The Labute approximate surface area is 236 Å².